The van der Waals surface area contributed by atoms with Gasteiger partial charge in [0.05, 0.1) is 0 Å². The van der Waals surface area contributed by atoms with Crippen molar-refractivity contribution in [2.75, 3.05) is 4.90 Å². The summed E-state index contributed by atoms with van der Waals surface area (Å²) < 4.78 is 1.09. The Morgan fingerprint density at radius 2 is 1.08 bits per heavy atom. The van der Waals surface area contributed by atoms with E-state index in [1.807, 2.05) is 0 Å². The third-order valence-electron chi connectivity index (χ3n) is 8.10. The Morgan fingerprint density at radius 1 is 0.487 bits per heavy atom. The van der Waals surface area contributed by atoms with Gasteiger partial charge in [-0.3, -0.25) is 0 Å². The highest BCUT2D eigenvalue weighted by molar-refractivity contribution is 9.10. The molecule has 6 aromatic rings. The largest absolute Gasteiger partial charge is 0.310 e. The van der Waals surface area contributed by atoms with Gasteiger partial charge >= 0.3 is 0 Å². The van der Waals surface area contributed by atoms with Crippen molar-refractivity contribution >= 4 is 43.8 Å². The van der Waals surface area contributed by atoms with E-state index >= 15 is 0 Å². The summed E-state index contributed by atoms with van der Waals surface area (Å²) in [4.78, 5) is 2.38. The second-order valence-corrected chi connectivity index (χ2v) is 11.7. The van der Waals surface area contributed by atoms with Crippen LogP contribution in [-0.2, 0) is 5.41 Å². The van der Waals surface area contributed by atoms with Gasteiger partial charge in [0.1, 0.15) is 0 Å². The van der Waals surface area contributed by atoms with Gasteiger partial charge in [-0.1, -0.05) is 115 Å². The second-order valence-electron chi connectivity index (χ2n) is 10.8. The number of benzene rings is 6. The molecule has 1 aliphatic carbocycles. The average Bonchev–Trinajstić information content (AvgIpc) is 3.20. The standard InChI is InChI=1S/C37H28BrN/c1-37(2)35-11-7-6-10-33(35)34-21-20-32(24-36(34)37)39(31-19-15-27-22-29(38)16-12-28(27)23-31)30-17-13-26(14-18-30)25-8-4-3-5-9-25/h3-24H,1-2H3. The minimum atomic E-state index is -0.0551. The van der Waals surface area contributed by atoms with Crippen molar-refractivity contribution in [3.8, 4) is 22.3 Å². The van der Waals surface area contributed by atoms with E-state index in [4.69, 9.17) is 0 Å². The number of nitrogens with zero attached hydrogens (tertiary/aromatic N) is 1. The van der Waals surface area contributed by atoms with Crippen LogP contribution in [0, 0.1) is 0 Å². The summed E-state index contributed by atoms with van der Waals surface area (Å²) in [5.74, 6) is 0. The second kappa shape index (κ2) is 9.25. The molecule has 0 aliphatic heterocycles. The maximum atomic E-state index is 3.62. The van der Waals surface area contributed by atoms with E-state index in [2.05, 4.69) is 168 Å². The van der Waals surface area contributed by atoms with Crippen molar-refractivity contribution in [1.29, 1.82) is 0 Å². The maximum Gasteiger partial charge on any atom is 0.0468 e. The summed E-state index contributed by atoms with van der Waals surface area (Å²) in [5, 5.41) is 2.44. The van der Waals surface area contributed by atoms with Crippen LogP contribution in [-0.4, -0.2) is 0 Å². The highest BCUT2D eigenvalue weighted by atomic mass is 79.9. The molecule has 1 nitrogen and oxygen atoms in total. The van der Waals surface area contributed by atoms with Crippen molar-refractivity contribution < 1.29 is 0 Å². The van der Waals surface area contributed by atoms with Crippen LogP contribution in [0.1, 0.15) is 25.0 Å². The van der Waals surface area contributed by atoms with Gasteiger partial charge in [0.15, 0.2) is 0 Å². The van der Waals surface area contributed by atoms with Crippen LogP contribution in [0.5, 0.6) is 0 Å². The van der Waals surface area contributed by atoms with E-state index in [0.717, 1.165) is 15.8 Å². The van der Waals surface area contributed by atoms with Gasteiger partial charge in [0.25, 0.3) is 0 Å². The number of hydrogen-bond acceptors (Lipinski definition) is 1. The first-order chi connectivity index (χ1) is 19.0. The van der Waals surface area contributed by atoms with Gasteiger partial charge in [0, 0.05) is 26.9 Å². The lowest BCUT2D eigenvalue weighted by Gasteiger charge is -2.28. The predicted octanol–water partition coefficient (Wildman–Crippen LogP) is 11.0. The molecule has 0 spiro atoms. The Hall–Kier alpha value is -4.14. The fourth-order valence-corrected chi connectivity index (χ4v) is 6.43. The van der Waals surface area contributed by atoms with Crippen LogP contribution in [0.15, 0.2) is 138 Å². The van der Waals surface area contributed by atoms with Crippen LogP contribution in [0.4, 0.5) is 17.1 Å². The molecular formula is C37H28BrN. The molecule has 0 saturated carbocycles. The number of anilines is 3. The maximum absolute atomic E-state index is 3.62. The minimum Gasteiger partial charge on any atom is -0.310 e. The quantitative estimate of drug-likeness (QED) is 0.205. The first-order valence-electron chi connectivity index (χ1n) is 13.4. The average molecular weight is 567 g/mol. The molecule has 0 unspecified atom stereocenters. The van der Waals surface area contributed by atoms with E-state index in [1.54, 1.807) is 0 Å². The highest BCUT2D eigenvalue weighted by Gasteiger charge is 2.35. The number of fused-ring (bicyclic) bond motifs is 4. The van der Waals surface area contributed by atoms with Crippen molar-refractivity contribution in [3.63, 3.8) is 0 Å². The molecule has 0 aromatic heterocycles. The number of rotatable bonds is 4. The molecule has 0 radical (unpaired) electrons. The van der Waals surface area contributed by atoms with E-state index in [-0.39, 0.29) is 5.41 Å². The smallest absolute Gasteiger partial charge is 0.0468 e. The topological polar surface area (TPSA) is 3.24 Å². The zero-order chi connectivity index (χ0) is 26.6. The molecule has 0 bridgehead atoms. The molecule has 6 aromatic carbocycles. The van der Waals surface area contributed by atoms with E-state index in [0.29, 0.717) is 0 Å². The monoisotopic (exact) mass is 565 g/mol. The summed E-state index contributed by atoms with van der Waals surface area (Å²) in [6.45, 7) is 4.68. The fraction of sp³-hybridized carbons (Fsp3) is 0.0811. The predicted molar refractivity (Wildman–Crippen MR) is 169 cm³/mol. The summed E-state index contributed by atoms with van der Waals surface area (Å²) in [5.41, 5.74) is 11.3. The summed E-state index contributed by atoms with van der Waals surface area (Å²) in [6.07, 6.45) is 0. The van der Waals surface area contributed by atoms with Gasteiger partial charge in [-0.15, -0.1) is 0 Å². The Balaban J connectivity index is 1.39. The van der Waals surface area contributed by atoms with Crippen molar-refractivity contribution in [2.24, 2.45) is 0 Å². The molecule has 7 rings (SSSR count). The molecule has 0 atom stereocenters. The Morgan fingerprint density at radius 3 is 1.90 bits per heavy atom. The molecule has 0 N–H and O–H groups in total. The van der Waals surface area contributed by atoms with E-state index < -0.39 is 0 Å². The Kier molecular flexibility index (Phi) is 5.68. The van der Waals surface area contributed by atoms with E-state index in [1.165, 1.54) is 49.8 Å². The van der Waals surface area contributed by atoms with Crippen LogP contribution in [0.2, 0.25) is 0 Å². The molecule has 1 aliphatic rings. The third-order valence-corrected chi connectivity index (χ3v) is 8.60. The minimum absolute atomic E-state index is 0.0551. The Bertz CT molecular complexity index is 1830. The molecule has 0 amide bonds. The summed E-state index contributed by atoms with van der Waals surface area (Å²) in [6, 6.07) is 48.5. The number of hydrogen-bond donors (Lipinski definition) is 0. The third kappa shape index (κ3) is 4.07. The zero-order valence-electron chi connectivity index (χ0n) is 22.0. The lowest BCUT2D eigenvalue weighted by atomic mass is 9.82. The van der Waals surface area contributed by atoms with Crippen molar-refractivity contribution in [1.82, 2.24) is 0 Å². The van der Waals surface area contributed by atoms with Gasteiger partial charge in [-0.25, -0.2) is 0 Å². The molecule has 39 heavy (non-hydrogen) atoms. The first kappa shape index (κ1) is 23.9. The summed E-state index contributed by atoms with van der Waals surface area (Å²) >= 11 is 3.62. The van der Waals surface area contributed by atoms with Crippen molar-refractivity contribution in [3.05, 3.63) is 149 Å². The van der Waals surface area contributed by atoms with Gasteiger partial charge in [-0.2, -0.15) is 0 Å². The molecular weight excluding hydrogens is 538 g/mol. The molecule has 2 heteroatoms. The molecule has 0 saturated heterocycles. The first-order valence-corrected chi connectivity index (χ1v) is 14.2. The molecule has 0 fully saturated rings. The Labute approximate surface area is 238 Å². The van der Waals surface area contributed by atoms with Crippen LogP contribution in [0.3, 0.4) is 0 Å². The van der Waals surface area contributed by atoms with Gasteiger partial charge in [0.2, 0.25) is 0 Å². The fourth-order valence-electron chi connectivity index (χ4n) is 6.06. The van der Waals surface area contributed by atoms with Crippen molar-refractivity contribution in [2.45, 2.75) is 19.3 Å². The van der Waals surface area contributed by atoms with Gasteiger partial charge < -0.3 is 4.90 Å². The lowest BCUT2D eigenvalue weighted by Crippen LogP contribution is -2.16. The molecule has 0 heterocycles. The normalized spacial score (nSPS) is 13.2. The van der Waals surface area contributed by atoms with E-state index in [9.17, 15) is 0 Å². The van der Waals surface area contributed by atoms with Gasteiger partial charge in [-0.05, 0) is 92.7 Å². The zero-order valence-corrected chi connectivity index (χ0v) is 23.6. The summed E-state index contributed by atoms with van der Waals surface area (Å²) in [7, 11) is 0. The van der Waals surface area contributed by atoms with Crippen LogP contribution >= 0.6 is 15.9 Å². The van der Waals surface area contributed by atoms with Crippen LogP contribution < -0.4 is 4.90 Å². The highest BCUT2D eigenvalue weighted by Crippen LogP contribution is 2.50. The SMILES string of the molecule is CC1(C)c2ccccc2-c2ccc(N(c3ccc(-c4ccccc4)cc3)c3ccc4cc(Br)ccc4c3)cc21. The number of halogens is 1. The van der Waals surface area contributed by atoms with Crippen LogP contribution in [0.25, 0.3) is 33.0 Å². The lowest BCUT2D eigenvalue weighted by molar-refractivity contribution is 0.660. The molecule has 188 valence electrons.